The molecule has 2 aromatic rings. The Morgan fingerprint density at radius 3 is 2.23 bits per heavy atom. The van der Waals surface area contributed by atoms with E-state index in [9.17, 15) is 22.8 Å². The molecule has 0 aliphatic heterocycles. The summed E-state index contributed by atoms with van der Waals surface area (Å²) in [5.74, 6) is -1.06. The lowest BCUT2D eigenvalue weighted by Gasteiger charge is -2.13. The molecule has 3 amide bonds. The fourth-order valence-electron chi connectivity index (χ4n) is 2.52. The average molecular weight is 439 g/mol. The molecule has 0 unspecified atom stereocenters. The number of methoxy groups -OCH3 is 1. The van der Waals surface area contributed by atoms with E-state index in [1.807, 2.05) is 0 Å². The van der Waals surface area contributed by atoms with Crippen LogP contribution in [-0.2, 0) is 4.79 Å². The highest BCUT2D eigenvalue weighted by Crippen LogP contribution is 2.34. The van der Waals surface area contributed by atoms with Crippen LogP contribution in [0, 0.1) is 0 Å². The van der Waals surface area contributed by atoms with Gasteiger partial charge >= 0.3 is 18.1 Å². The second kappa shape index (κ2) is 11.1. The highest BCUT2D eigenvalue weighted by atomic mass is 19.4. The molecule has 10 heteroatoms. The fraction of sp³-hybridized carbons (Fsp3) is 0.333. The number of alkyl halides is 3. The largest absolute Gasteiger partial charge is 0.493 e. The molecule has 0 saturated carbocycles. The molecular weight excluding hydrogens is 415 g/mol. The molecule has 0 radical (unpaired) electrons. The Morgan fingerprint density at radius 2 is 1.61 bits per heavy atom. The van der Waals surface area contributed by atoms with Gasteiger partial charge in [0, 0.05) is 24.0 Å². The lowest BCUT2D eigenvalue weighted by molar-refractivity contribution is -0.167. The van der Waals surface area contributed by atoms with E-state index in [0.29, 0.717) is 29.5 Å². The molecule has 0 aliphatic rings. The van der Waals surface area contributed by atoms with Crippen LogP contribution in [0.1, 0.15) is 26.2 Å². The van der Waals surface area contributed by atoms with Gasteiger partial charge in [-0.05, 0) is 42.8 Å². The third kappa shape index (κ3) is 7.72. The Hall–Kier alpha value is -3.43. The Morgan fingerprint density at radius 1 is 0.935 bits per heavy atom. The van der Waals surface area contributed by atoms with Crippen molar-refractivity contribution in [3.05, 3.63) is 42.5 Å². The number of hydrogen-bond acceptors (Lipinski definition) is 4. The van der Waals surface area contributed by atoms with E-state index in [1.54, 1.807) is 23.5 Å². The first-order chi connectivity index (χ1) is 14.7. The van der Waals surface area contributed by atoms with Crippen LogP contribution in [0.3, 0.4) is 0 Å². The van der Waals surface area contributed by atoms with Gasteiger partial charge in [0.1, 0.15) is 5.75 Å². The SMILES string of the molecule is CCCCCNC(=O)Nc1ccc(Oc2ccc(NC(=O)C(F)(F)F)cc2)c(OC)c1. The zero-order chi connectivity index (χ0) is 22.9. The Kier molecular flexibility index (Phi) is 8.53. The fourth-order valence-corrected chi connectivity index (χ4v) is 2.52. The van der Waals surface area contributed by atoms with Crippen LogP contribution in [0.4, 0.5) is 29.3 Å². The highest BCUT2D eigenvalue weighted by Gasteiger charge is 2.38. The van der Waals surface area contributed by atoms with Crippen LogP contribution in [0.15, 0.2) is 42.5 Å². The minimum Gasteiger partial charge on any atom is -0.493 e. The Labute approximate surface area is 177 Å². The van der Waals surface area contributed by atoms with Crippen molar-refractivity contribution in [1.82, 2.24) is 5.32 Å². The molecule has 0 bridgehead atoms. The topological polar surface area (TPSA) is 88.7 Å². The zero-order valence-corrected chi connectivity index (χ0v) is 17.1. The monoisotopic (exact) mass is 439 g/mol. The van der Waals surface area contributed by atoms with Gasteiger partial charge in [-0.25, -0.2) is 4.79 Å². The Bertz CT molecular complexity index is 886. The van der Waals surface area contributed by atoms with Gasteiger partial charge in [0.2, 0.25) is 0 Å². The first-order valence-corrected chi connectivity index (χ1v) is 9.62. The third-order valence-corrected chi connectivity index (χ3v) is 4.08. The van der Waals surface area contributed by atoms with E-state index in [1.165, 1.54) is 31.4 Å². The smallest absolute Gasteiger partial charge is 0.471 e. The standard InChI is InChI=1S/C21H24F3N3O4/c1-3-4-5-12-25-20(29)27-15-8-11-17(18(13-15)30-2)31-16-9-6-14(7-10-16)26-19(28)21(22,23)24/h6-11,13H,3-5,12H2,1-2H3,(H,26,28)(H2,25,27,29). The second-order valence-corrected chi connectivity index (χ2v) is 6.53. The lowest BCUT2D eigenvalue weighted by Crippen LogP contribution is -2.29. The van der Waals surface area contributed by atoms with Crippen molar-refractivity contribution in [2.45, 2.75) is 32.4 Å². The van der Waals surface area contributed by atoms with Crippen molar-refractivity contribution in [2.75, 3.05) is 24.3 Å². The van der Waals surface area contributed by atoms with Crippen LogP contribution in [0.25, 0.3) is 0 Å². The Balaban J connectivity index is 1.99. The van der Waals surface area contributed by atoms with E-state index in [4.69, 9.17) is 9.47 Å². The number of carbonyl (C=O) groups excluding carboxylic acids is 2. The normalized spacial score (nSPS) is 10.9. The molecule has 0 fully saturated rings. The zero-order valence-electron chi connectivity index (χ0n) is 17.1. The van der Waals surface area contributed by atoms with Crippen molar-refractivity contribution in [1.29, 1.82) is 0 Å². The van der Waals surface area contributed by atoms with Gasteiger partial charge in [-0.2, -0.15) is 13.2 Å². The van der Waals surface area contributed by atoms with E-state index in [2.05, 4.69) is 17.6 Å². The number of rotatable bonds is 9. The molecule has 3 N–H and O–H groups in total. The first-order valence-electron chi connectivity index (χ1n) is 9.62. The van der Waals surface area contributed by atoms with E-state index >= 15 is 0 Å². The van der Waals surface area contributed by atoms with Gasteiger partial charge < -0.3 is 25.4 Å². The summed E-state index contributed by atoms with van der Waals surface area (Å²) in [4.78, 5) is 22.9. The molecule has 0 saturated heterocycles. The molecule has 0 aliphatic carbocycles. The van der Waals surface area contributed by atoms with Crippen LogP contribution < -0.4 is 25.4 Å². The number of anilines is 2. The summed E-state index contributed by atoms with van der Waals surface area (Å²) in [5.41, 5.74) is 0.480. The molecule has 7 nitrogen and oxygen atoms in total. The molecule has 0 heterocycles. The van der Waals surface area contributed by atoms with Gasteiger partial charge in [-0.15, -0.1) is 0 Å². The number of halogens is 3. The van der Waals surface area contributed by atoms with Crippen molar-refractivity contribution < 1.29 is 32.2 Å². The number of ether oxygens (including phenoxy) is 2. The molecule has 31 heavy (non-hydrogen) atoms. The summed E-state index contributed by atoms with van der Waals surface area (Å²) < 4.78 is 47.9. The number of amides is 3. The lowest BCUT2D eigenvalue weighted by atomic mass is 10.2. The summed E-state index contributed by atoms with van der Waals surface area (Å²) in [6, 6.07) is 9.84. The van der Waals surface area contributed by atoms with Crippen LogP contribution in [0.2, 0.25) is 0 Å². The third-order valence-electron chi connectivity index (χ3n) is 4.08. The number of unbranched alkanes of at least 4 members (excludes halogenated alkanes) is 2. The predicted molar refractivity (Wildman–Crippen MR) is 111 cm³/mol. The molecule has 0 spiro atoms. The van der Waals surface area contributed by atoms with E-state index < -0.39 is 12.1 Å². The first kappa shape index (κ1) is 23.8. The second-order valence-electron chi connectivity index (χ2n) is 6.53. The van der Waals surface area contributed by atoms with Gasteiger partial charge in [-0.1, -0.05) is 19.8 Å². The summed E-state index contributed by atoms with van der Waals surface area (Å²) in [6.07, 6.45) is -1.97. The summed E-state index contributed by atoms with van der Waals surface area (Å²) in [7, 11) is 1.44. The van der Waals surface area contributed by atoms with Crippen LogP contribution >= 0.6 is 0 Å². The number of urea groups is 1. The minimum atomic E-state index is -4.97. The van der Waals surface area contributed by atoms with Gasteiger partial charge in [-0.3, -0.25) is 4.79 Å². The van der Waals surface area contributed by atoms with Crippen molar-refractivity contribution >= 4 is 23.3 Å². The average Bonchev–Trinajstić information content (AvgIpc) is 2.73. The summed E-state index contributed by atoms with van der Waals surface area (Å²) in [6.45, 7) is 2.66. The molecular formula is C21H24F3N3O4. The van der Waals surface area contributed by atoms with E-state index in [0.717, 1.165) is 19.3 Å². The number of benzene rings is 2. The maximum atomic E-state index is 12.3. The molecule has 2 aromatic carbocycles. The summed E-state index contributed by atoms with van der Waals surface area (Å²) >= 11 is 0. The van der Waals surface area contributed by atoms with Crippen LogP contribution in [-0.4, -0.2) is 31.8 Å². The van der Waals surface area contributed by atoms with Crippen molar-refractivity contribution in [3.8, 4) is 17.2 Å². The number of hydrogen-bond donors (Lipinski definition) is 3. The maximum Gasteiger partial charge on any atom is 0.471 e. The van der Waals surface area contributed by atoms with Crippen molar-refractivity contribution in [3.63, 3.8) is 0 Å². The molecule has 2 rings (SSSR count). The van der Waals surface area contributed by atoms with Crippen LogP contribution in [0.5, 0.6) is 17.2 Å². The quantitative estimate of drug-likeness (QED) is 0.463. The minimum absolute atomic E-state index is 0.0221. The molecule has 0 atom stereocenters. The molecule has 0 aromatic heterocycles. The van der Waals surface area contributed by atoms with Crippen molar-refractivity contribution in [2.24, 2.45) is 0 Å². The van der Waals surface area contributed by atoms with Gasteiger partial charge in [0.25, 0.3) is 0 Å². The van der Waals surface area contributed by atoms with Gasteiger partial charge in [0.05, 0.1) is 7.11 Å². The predicted octanol–water partition coefficient (Wildman–Crippen LogP) is 5.30. The van der Waals surface area contributed by atoms with Gasteiger partial charge in [0.15, 0.2) is 11.5 Å². The highest BCUT2D eigenvalue weighted by molar-refractivity contribution is 5.94. The summed E-state index contributed by atoms with van der Waals surface area (Å²) in [5, 5.41) is 7.22. The van der Waals surface area contributed by atoms with E-state index in [-0.39, 0.29) is 11.7 Å². The number of carbonyl (C=O) groups is 2. The maximum absolute atomic E-state index is 12.3. The number of nitrogens with one attached hydrogen (secondary N) is 3. The molecule has 168 valence electrons.